The van der Waals surface area contributed by atoms with E-state index in [4.69, 9.17) is 31.5 Å². The van der Waals surface area contributed by atoms with Crippen molar-refractivity contribution in [2.75, 3.05) is 19.6 Å². The van der Waals surface area contributed by atoms with Gasteiger partial charge in [-0.25, -0.2) is 4.79 Å². The first-order valence-corrected chi connectivity index (χ1v) is 7.78. The zero-order chi connectivity index (χ0) is 17.7. The van der Waals surface area contributed by atoms with Crippen LogP contribution in [0.1, 0.15) is 18.4 Å². The highest BCUT2D eigenvalue weighted by Crippen LogP contribution is 2.40. The van der Waals surface area contributed by atoms with E-state index in [-0.39, 0.29) is 35.3 Å². The molecule has 1 aromatic rings. The Hall–Kier alpha value is -2.65. The molecule has 1 aliphatic rings. The number of esters is 1. The number of carbonyl (C=O) groups excluding carboxylic acids is 1. The van der Waals surface area contributed by atoms with Crippen molar-refractivity contribution in [3.05, 3.63) is 52.6 Å². The fourth-order valence-corrected chi connectivity index (χ4v) is 2.68. The summed E-state index contributed by atoms with van der Waals surface area (Å²) in [4.78, 5) is 12.4. The average Bonchev–Trinajstić information content (AvgIpc) is 2.60. The summed E-state index contributed by atoms with van der Waals surface area (Å²) in [7, 11) is 1.55. The molecule has 2 N–H and O–H groups in total. The number of hydrogen-bond donors (Lipinski definition) is 1. The van der Waals surface area contributed by atoms with E-state index in [0.29, 0.717) is 11.3 Å². The molecule has 0 unspecified atom stereocenters. The maximum absolute atomic E-state index is 12.4. The Morgan fingerprint density at radius 3 is 2.58 bits per heavy atom. The number of alkyl halides is 1. The molecule has 7 heteroatoms. The number of halogens is 1. The molecule has 0 saturated heterocycles. The first-order chi connectivity index (χ1) is 11.6. The molecule has 1 atom stereocenters. The number of allylic oxidation sites excluding steroid dienone is 2. The van der Waals surface area contributed by atoms with E-state index in [2.05, 4.69) is 0 Å². The Morgan fingerprint density at radius 1 is 1.42 bits per heavy atom. The molecule has 1 aliphatic heterocycles. The van der Waals surface area contributed by atoms with Crippen LogP contribution in [0.5, 0.6) is 5.75 Å². The third-order valence-electron chi connectivity index (χ3n) is 3.56. The molecule has 0 fully saturated rings. The highest BCUT2D eigenvalue weighted by Gasteiger charge is 2.37. The molecule has 0 radical (unpaired) electrons. The number of rotatable bonds is 5. The van der Waals surface area contributed by atoms with Crippen molar-refractivity contribution < 1.29 is 19.0 Å². The molecule has 0 saturated carbocycles. The minimum Gasteiger partial charge on any atom is -0.497 e. The summed E-state index contributed by atoms with van der Waals surface area (Å²) in [5.41, 5.74) is 6.84. The molecular weight excluding hydrogens is 332 g/mol. The van der Waals surface area contributed by atoms with Gasteiger partial charge in [0.25, 0.3) is 0 Å². The number of ether oxygens (including phenoxy) is 3. The second-order valence-electron chi connectivity index (χ2n) is 4.89. The summed E-state index contributed by atoms with van der Waals surface area (Å²) in [5.74, 6) is -0.591. The van der Waals surface area contributed by atoms with Gasteiger partial charge in [-0.3, -0.25) is 0 Å². The normalized spacial score (nSPS) is 17.2. The highest BCUT2D eigenvalue weighted by molar-refractivity contribution is 6.19. The van der Waals surface area contributed by atoms with Crippen LogP contribution in [0, 0.1) is 11.3 Å². The standard InChI is InChI=1S/C17H17ClN2O4/c1-3-23-17(21)15-13(8-18)24-16(20)12(9-19)14(15)10-4-6-11(22-2)7-5-10/h4-7,14H,3,8,20H2,1-2H3/t14-/m1/s1. The van der Waals surface area contributed by atoms with Crippen molar-refractivity contribution in [3.63, 3.8) is 0 Å². The maximum atomic E-state index is 12.4. The summed E-state index contributed by atoms with van der Waals surface area (Å²) in [6.07, 6.45) is 0. The number of hydrogen-bond acceptors (Lipinski definition) is 6. The number of nitriles is 1. The van der Waals surface area contributed by atoms with Crippen molar-refractivity contribution >= 4 is 17.6 Å². The number of nitrogens with two attached hydrogens (primary N) is 1. The molecule has 6 nitrogen and oxygen atoms in total. The lowest BCUT2D eigenvalue weighted by atomic mass is 9.83. The minimum atomic E-state index is -0.706. The van der Waals surface area contributed by atoms with Gasteiger partial charge in [0.2, 0.25) is 5.88 Å². The molecule has 0 amide bonds. The van der Waals surface area contributed by atoms with Gasteiger partial charge in [-0.05, 0) is 24.6 Å². The summed E-state index contributed by atoms with van der Waals surface area (Å²) in [6, 6.07) is 9.00. The van der Waals surface area contributed by atoms with Crippen molar-refractivity contribution in [1.29, 1.82) is 5.26 Å². The van der Waals surface area contributed by atoms with Crippen LogP contribution in [0.15, 0.2) is 47.1 Å². The summed E-state index contributed by atoms with van der Waals surface area (Å²) in [5, 5.41) is 9.48. The second-order valence-corrected chi connectivity index (χ2v) is 5.16. The van der Waals surface area contributed by atoms with Crippen molar-refractivity contribution in [2.45, 2.75) is 12.8 Å². The smallest absolute Gasteiger partial charge is 0.338 e. The van der Waals surface area contributed by atoms with Crippen LogP contribution in [0.25, 0.3) is 0 Å². The van der Waals surface area contributed by atoms with E-state index in [0.717, 1.165) is 0 Å². The minimum absolute atomic E-state index is 0.0676. The van der Waals surface area contributed by atoms with Gasteiger partial charge in [-0.1, -0.05) is 12.1 Å². The van der Waals surface area contributed by atoms with Crippen LogP contribution in [0.3, 0.4) is 0 Å². The number of methoxy groups -OCH3 is 1. The Kier molecular flexibility index (Phi) is 5.72. The average molecular weight is 349 g/mol. The van der Waals surface area contributed by atoms with Gasteiger partial charge in [0.1, 0.15) is 23.2 Å². The lowest BCUT2D eigenvalue weighted by molar-refractivity contribution is -0.139. The highest BCUT2D eigenvalue weighted by atomic mass is 35.5. The van der Waals surface area contributed by atoms with E-state index in [1.807, 2.05) is 6.07 Å². The molecule has 2 rings (SSSR count). The zero-order valence-electron chi connectivity index (χ0n) is 13.3. The Morgan fingerprint density at radius 2 is 2.08 bits per heavy atom. The summed E-state index contributed by atoms with van der Waals surface area (Å²) >= 11 is 5.90. The molecule has 126 valence electrons. The third kappa shape index (κ3) is 3.31. The zero-order valence-corrected chi connectivity index (χ0v) is 14.1. The molecule has 0 aliphatic carbocycles. The molecule has 24 heavy (non-hydrogen) atoms. The number of benzene rings is 1. The lowest BCUT2D eigenvalue weighted by Crippen LogP contribution is -2.26. The van der Waals surface area contributed by atoms with Crippen LogP contribution in [0.4, 0.5) is 0 Å². The largest absolute Gasteiger partial charge is 0.497 e. The lowest BCUT2D eigenvalue weighted by Gasteiger charge is -2.27. The maximum Gasteiger partial charge on any atom is 0.338 e. The van der Waals surface area contributed by atoms with Gasteiger partial charge in [0.05, 0.1) is 31.1 Å². The summed E-state index contributed by atoms with van der Waals surface area (Å²) < 4.78 is 15.6. The van der Waals surface area contributed by atoms with Gasteiger partial charge < -0.3 is 19.9 Å². The summed E-state index contributed by atoms with van der Waals surface area (Å²) in [6.45, 7) is 1.88. The van der Waals surface area contributed by atoms with Gasteiger partial charge >= 0.3 is 5.97 Å². The van der Waals surface area contributed by atoms with Gasteiger partial charge in [-0.15, -0.1) is 11.6 Å². The van der Waals surface area contributed by atoms with Crippen molar-refractivity contribution in [3.8, 4) is 11.8 Å². The van der Waals surface area contributed by atoms with Crippen LogP contribution >= 0.6 is 11.6 Å². The van der Waals surface area contributed by atoms with Gasteiger partial charge in [-0.2, -0.15) is 5.26 Å². The third-order valence-corrected chi connectivity index (χ3v) is 3.81. The van der Waals surface area contributed by atoms with E-state index >= 15 is 0 Å². The molecule has 1 aromatic carbocycles. The topological polar surface area (TPSA) is 94.6 Å². The fraction of sp³-hybridized carbons (Fsp3) is 0.294. The Balaban J connectivity index is 2.60. The SMILES string of the molecule is CCOC(=O)C1=C(CCl)OC(N)=C(C#N)[C@H]1c1ccc(OC)cc1. The number of nitrogens with zero attached hydrogens (tertiary/aromatic N) is 1. The van der Waals surface area contributed by atoms with E-state index < -0.39 is 11.9 Å². The predicted molar refractivity (Wildman–Crippen MR) is 88.0 cm³/mol. The van der Waals surface area contributed by atoms with E-state index in [1.165, 1.54) is 0 Å². The van der Waals surface area contributed by atoms with E-state index in [9.17, 15) is 10.1 Å². The van der Waals surface area contributed by atoms with Crippen molar-refractivity contribution in [2.24, 2.45) is 5.73 Å². The second kappa shape index (κ2) is 7.75. The number of carbonyl (C=O) groups is 1. The molecule has 0 aromatic heterocycles. The monoisotopic (exact) mass is 348 g/mol. The quantitative estimate of drug-likeness (QED) is 0.649. The Bertz CT molecular complexity index is 732. The van der Waals surface area contributed by atoms with Gasteiger partial charge in [0, 0.05) is 0 Å². The fourth-order valence-electron chi connectivity index (χ4n) is 2.48. The van der Waals surface area contributed by atoms with Crippen LogP contribution < -0.4 is 10.5 Å². The van der Waals surface area contributed by atoms with Crippen LogP contribution in [0.2, 0.25) is 0 Å². The first-order valence-electron chi connectivity index (χ1n) is 7.25. The van der Waals surface area contributed by atoms with Crippen LogP contribution in [-0.4, -0.2) is 25.6 Å². The van der Waals surface area contributed by atoms with E-state index in [1.54, 1.807) is 38.3 Å². The first kappa shape index (κ1) is 17.7. The van der Waals surface area contributed by atoms with Gasteiger partial charge in [0.15, 0.2) is 0 Å². The van der Waals surface area contributed by atoms with Crippen LogP contribution in [-0.2, 0) is 14.3 Å². The Labute approximate surface area is 145 Å². The predicted octanol–water partition coefficient (Wildman–Crippen LogP) is 2.56. The molecule has 1 heterocycles. The molecule has 0 spiro atoms. The van der Waals surface area contributed by atoms with Crippen molar-refractivity contribution in [1.82, 2.24) is 0 Å². The molecular formula is C17H17ClN2O4. The molecule has 0 bridgehead atoms.